The van der Waals surface area contributed by atoms with Crippen LogP contribution in [0, 0.1) is 0 Å². The summed E-state index contributed by atoms with van der Waals surface area (Å²) in [6, 6.07) is 19.4. The Hall–Kier alpha value is -3.46. The molecule has 0 bridgehead atoms. The largest absolute Gasteiger partial charge is 0.484 e. The van der Waals surface area contributed by atoms with Gasteiger partial charge in [-0.1, -0.05) is 24.3 Å². The highest BCUT2D eigenvalue weighted by molar-refractivity contribution is 9.10. The number of nitrogens with one attached hydrogen (secondary N) is 2. The molecule has 3 aromatic rings. The lowest BCUT2D eigenvalue weighted by Gasteiger charge is -2.12. The molecule has 9 heteroatoms. The number of ether oxygens (including phenoxy) is 2. The molecule has 0 saturated heterocycles. The van der Waals surface area contributed by atoms with Crippen molar-refractivity contribution >= 4 is 39.1 Å². The summed E-state index contributed by atoms with van der Waals surface area (Å²) in [5.41, 5.74) is 1.16. The van der Waals surface area contributed by atoms with Gasteiger partial charge in [-0.05, 0) is 64.5 Å². The van der Waals surface area contributed by atoms with Crippen molar-refractivity contribution in [3.8, 4) is 11.5 Å². The fraction of sp³-hybridized carbons (Fsp3) is 0.0909. The van der Waals surface area contributed by atoms with Crippen molar-refractivity contribution in [2.75, 3.05) is 17.2 Å². The van der Waals surface area contributed by atoms with Gasteiger partial charge in [-0.25, -0.2) is 0 Å². The molecule has 0 unspecified atom stereocenters. The molecular weight excluding hydrogens is 474 g/mol. The smallest absolute Gasteiger partial charge is 0.387 e. The minimum Gasteiger partial charge on any atom is -0.484 e. The van der Waals surface area contributed by atoms with E-state index in [0.717, 1.165) is 0 Å². The average molecular weight is 491 g/mol. The average Bonchev–Trinajstić information content (AvgIpc) is 2.74. The van der Waals surface area contributed by atoms with Gasteiger partial charge in [0.2, 0.25) is 0 Å². The van der Waals surface area contributed by atoms with Crippen LogP contribution in [0.1, 0.15) is 10.4 Å². The van der Waals surface area contributed by atoms with Crippen LogP contribution in [0.4, 0.5) is 20.2 Å². The van der Waals surface area contributed by atoms with Crippen LogP contribution in [0.15, 0.2) is 77.3 Å². The van der Waals surface area contributed by atoms with Crippen LogP contribution in [0.5, 0.6) is 11.5 Å². The maximum absolute atomic E-state index is 12.4. The molecule has 0 heterocycles. The molecule has 0 saturated carbocycles. The summed E-state index contributed by atoms with van der Waals surface area (Å²) in [6.07, 6.45) is 0. The number of anilines is 2. The Morgan fingerprint density at radius 1 is 0.903 bits per heavy atom. The van der Waals surface area contributed by atoms with Gasteiger partial charge in [0, 0.05) is 10.2 Å². The van der Waals surface area contributed by atoms with Crippen LogP contribution in [-0.2, 0) is 4.79 Å². The van der Waals surface area contributed by atoms with E-state index in [9.17, 15) is 18.4 Å². The van der Waals surface area contributed by atoms with Gasteiger partial charge in [0.25, 0.3) is 11.8 Å². The molecule has 0 atom stereocenters. The van der Waals surface area contributed by atoms with E-state index < -0.39 is 12.5 Å². The molecule has 3 rings (SSSR count). The molecule has 0 aliphatic rings. The first kappa shape index (κ1) is 22.2. The maximum atomic E-state index is 12.4. The molecule has 31 heavy (non-hydrogen) atoms. The summed E-state index contributed by atoms with van der Waals surface area (Å²) in [7, 11) is 0. The molecule has 3 aromatic carbocycles. The Morgan fingerprint density at radius 3 is 2.29 bits per heavy atom. The Bertz CT molecular complexity index is 1060. The molecule has 0 spiro atoms. The number of hydrogen-bond acceptors (Lipinski definition) is 4. The number of hydrogen-bond donors (Lipinski definition) is 2. The van der Waals surface area contributed by atoms with Gasteiger partial charge in [0.05, 0.1) is 11.3 Å². The van der Waals surface area contributed by atoms with Gasteiger partial charge in [-0.15, -0.1) is 0 Å². The van der Waals surface area contributed by atoms with Gasteiger partial charge < -0.3 is 20.1 Å². The van der Waals surface area contributed by atoms with E-state index in [1.54, 1.807) is 48.5 Å². The van der Waals surface area contributed by atoms with Crippen molar-refractivity contribution in [3.05, 3.63) is 82.8 Å². The lowest BCUT2D eigenvalue weighted by molar-refractivity contribution is -0.118. The number of alkyl halides is 2. The third kappa shape index (κ3) is 6.51. The summed E-state index contributed by atoms with van der Waals surface area (Å²) in [5, 5.41) is 5.23. The van der Waals surface area contributed by atoms with Crippen molar-refractivity contribution in [2.24, 2.45) is 0 Å². The highest BCUT2D eigenvalue weighted by Crippen LogP contribution is 2.25. The first-order valence-corrected chi connectivity index (χ1v) is 9.84. The van der Waals surface area contributed by atoms with Crippen molar-refractivity contribution < 1.29 is 27.8 Å². The second-order valence-electron chi connectivity index (χ2n) is 6.17. The van der Waals surface area contributed by atoms with Crippen LogP contribution in [0.25, 0.3) is 0 Å². The predicted molar refractivity (Wildman–Crippen MR) is 116 cm³/mol. The minimum atomic E-state index is -3.00. The Balaban J connectivity index is 1.53. The molecule has 2 amide bonds. The number of amides is 2. The summed E-state index contributed by atoms with van der Waals surface area (Å²) < 4.78 is 35.3. The molecular formula is C22H17BrF2N2O4. The highest BCUT2D eigenvalue weighted by atomic mass is 79.9. The van der Waals surface area contributed by atoms with Gasteiger partial charge in [0.1, 0.15) is 11.5 Å². The fourth-order valence-electron chi connectivity index (χ4n) is 2.58. The van der Waals surface area contributed by atoms with Crippen LogP contribution in [0.2, 0.25) is 0 Å². The predicted octanol–water partition coefficient (Wildman–Crippen LogP) is 5.32. The lowest BCUT2D eigenvalue weighted by Crippen LogP contribution is -2.21. The van der Waals surface area contributed by atoms with Crippen LogP contribution >= 0.6 is 15.9 Å². The SMILES string of the molecule is O=C(COc1ccc(NC(=O)c2ccccc2Br)cc1)Nc1ccccc1OC(F)F. The zero-order valence-electron chi connectivity index (χ0n) is 16.0. The topological polar surface area (TPSA) is 76.7 Å². The second kappa shape index (κ2) is 10.5. The third-order valence-electron chi connectivity index (χ3n) is 3.98. The quantitative estimate of drug-likeness (QED) is 0.447. The molecule has 6 nitrogen and oxygen atoms in total. The summed E-state index contributed by atoms with van der Waals surface area (Å²) >= 11 is 3.33. The standard InChI is InChI=1S/C22H17BrF2N2O4/c23-17-6-2-1-5-16(17)21(29)26-14-9-11-15(12-10-14)30-13-20(28)27-18-7-3-4-8-19(18)31-22(24)25/h1-12,22H,13H2,(H,26,29)(H,27,28). The summed E-state index contributed by atoms with van der Waals surface area (Å²) in [4.78, 5) is 24.4. The zero-order chi connectivity index (χ0) is 22.2. The molecule has 2 N–H and O–H groups in total. The first-order valence-electron chi connectivity index (χ1n) is 9.05. The third-order valence-corrected chi connectivity index (χ3v) is 4.67. The van der Waals surface area contributed by atoms with Gasteiger partial charge in [-0.3, -0.25) is 9.59 Å². The number of rotatable bonds is 8. The van der Waals surface area contributed by atoms with Crippen LogP contribution in [0.3, 0.4) is 0 Å². The number of carbonyl (C=O) groups excluding carboxylic acids is 2. The molecule has 0 radical (unpaired) electrons. The molecule has 160 valence electrons. The van der Waals surface area contributed by atoms with Crippen LogP contribution in [-0.4, -0.2) is 25.0 Å². The highest BCUT2D eigenvalue weighted by Gasteiger charge is 2.12. The molecule has 0 aliphatic heterocycles. The van der Waals surface area contributed by atoms with Crippen molar-refractivity contribution in [2.45, 2.75) is 6.61 Å². The van der Waals surface area contributed by atoms with Gasteiger partial charge >= 0.3 is 6.61 Å². The number of benzene rings is 3. The normalized spacial score (nSPS) is 10.5. The Morgan fingerprint density at radius 2 is 1.58 bits per heavy atom. The number of carbonyl (C=O) groups is 2. The fourth-order valence-corrected chi connectivity index (χ4v) is 3.05. The van der Waals surface area contributed by atoms with E-state index in [-0.39, 0.29) is 24.0 Å². The summed E-state index contributed by atoms with van der Waals surface area (Å²) in [5.74, 6) is -0.566. The van der Waals surface area contributed by atoms with E-state index in [1.165, 1.54) is 18.2 Å². The monoisotopic (exact) mass is 490 g/mol. The zero-order valence-corrected chi connectivity index (χ0v) is 17.6. The van der Waals surface area contributed by atoms with E-state index in [4.69, 9.17) is 4.74 Å². The second-order valence-corrected chi connectivity index (χ2v) is 7.02. The van der Waals surface area contributed by atoms with Gasteiger partial charge in [0.15, 0.2) is 6.61 Å². The molecule has 0 aliphatic carbocycles. The van der Waals surface area contributed by atoms with E-state index in [1.807, 2.05) is 6.07 Å². The van der Waals surface area contributed by atoms with Crippen molar-refractivity contribution in [1.82, 2.24) is 0 Å². The van der Waals surface area contributed by atoms with Crippen molar-refractivity contribution in [3.63, 3.8) is 0 Å². The first-order chi connectivity index (χ1) is 14.9. The Kier molecular flexibility index (Phi) is 7.55. The maximum Gasteiger partial charge on any atom is 0.387 e. The van der Waals surface area contributed by atoms with Gasteiger partial charge in [-0.2, -0.15) is 8.78 Å². The van der Waals surface area contributed by atoms with E-state index >= 15 is 0 Å². The number of para-hydroxylation sites is 2. The number of halogens is 3. The Labute approximate surface area is 185 Å². The van der Waals surface area contributed by atoms with E-state index in [2.05, 4.69) is 31.3 Å². The lowest BCUT2D eigenvalue weighted by atomic mass is 10.2. The van der Waals surface area contributed by atoms with Crippen LogP contribution < -0.4 is 20.1 Å². The summed E-state index contributed by atoms with van der Waals surface area (Å²) in [6.45, 7) is -3.35. The van der Waals surface area contributed by atoms with E-state index in [0.29, 0.717) is 21.5 Å². The molecule has 0 fully saturated rings. The molecule has 0 aromatic heterocycles. The van der Waals surface area contributed by atoms with Crippen molar-refractivity contribution in [1.29, 1.82) is 0 Å². The minimum absolute atomic E-state index is 0.113.